The van der Waals surface area contributed by atoms with Crippen molar-refractivity contribution in [3.05, 3.63) is 47.1 Å². The highest BCUT2D eigenvalue weighted by Gasteiger charge is 1.98. The number of benzene rings is 1. The summed E-state index contributed by atoms with van der Waals surface area (Å²) >= 11 is 0. The first-order chi connectivity index (χ1) is 7.22. The Hall–Kier alpha value is -1.96. The first-order valence-corrected chi connectivity index (χ1v) is 4.72. The summed E-state index contributed by atoms with van der Waals surface area (Å²) in [5.74, 6) is 0.849. The number of ether oxygens (including phenoxy) is 1. The molecule has 1 heterocycles. The summed E-state index contributed by atoms with van der Waals surface area (Å²) in [5.41, 5.74) is 1.05. The zero-order valence-corrected chi connectivity index (χ0v) is 8.73. The van der Waals surface area contributed by atoms with Gasteiger partial charge >= 0.3 is 0 Å². The second-order valence-corrected chi connectivity index (χ2v) is 3.35. The van der Waals surface area contributed by atoms with E-state index in [-0.39, 0.29) is 0 Å². The molecule has 0 atom stereocenters. The molecule has 0 radical (unpaired) electrons. The van der Waals surface area contributed by atoms with Gasteiger partial charge in [0, 0.05) is 16.4 Å². The quantitative estimate of drug-likeness (QED) is 0.711. The molecule has 0 fully saturated rings. The van der Waals surface area contributed by atoms with Gasteiger partial charge in [0.1, 0.15) is 5.75 Å². The summed E-state index contributed by atoms with van der Waals surface area (Å²) in [6, 6.07) is 11.7. The number of hydrogen-bond donors (Lipinski definition) is 0. The van der Waals surface area contributed by atoms with Crippen molar-refractivity contribution in [3.63, 3.8) is 0 Å². The Morgan fingerprint density at radius 1 is 0.933 bits per heavy atom. The smallest absolute Gasteiger partial charge is 0.119 e. The largest absolute Gasteiger partial charge is 0.497 e. The van der Waals surface area contributed by atoms with Gasteiger partial charge in [0.15, 0.2) is 0 Å². The molecule has 1 aromatic carbocycles. The lowest BCUT2D eigenvalue weighted by Gasteiger charge is -2.05. The first-order valence-electron chi connectivity index (χ1n) is 4.72. The molecule has 0 aliphatic rings. The van der Waals surface area contributed by atoms with E-state index in [0.717, 1.165) is 22.1 Å². The van der Waals surface area contributed by atoms with Gasteiger partial charge in [-0.1, -0.05) is 13.2 Å². The van der Waals surface area contributed by atoms with Crippen molar-refractivity contribution in [2.75, 3.05) is 7.11 Å². The third kappa shape index (κ3) is 1.66. The fourth-order valence-corrected chi connectivity index (χ4v) is 1.59. The Morgan fingerprint density at radius 3 is 1.93 bits per heavy atom. The van der Waals surface area contributed by atoms with Gasteiger partial charge in [-0.25, -0.2) is 0 Å². The Balaban J connectivity index is 2.55. The molecule has 0 aliphatic carbocycles. The second-order valence-electron chi connectivity index (χ2n) is 3.35. The van der Waals surface area contributed by atoms with E-state index in [1.54, 1.807) is 7.11 Å². The van der Waals surface area contributed by atoms with Crippen molar-refractivity contribution in [1.82, 2.24) is 4.57 Å². The molecule has 2 nitrogen and oxygen atoms in total. The van der Waals surface area contributed by atoms with Crippen molar-refractivity contribution in [2.24, 2.45) is 0 Å². The van der Waals surface area contributed by atoms with Gasteiger partial charge in [0.05, 0.1) is 7.11 Å². The minimum absolute atomic E-state index is 0.849. The first kappa shape index (κ1) is 9.59. The van der Waals surface area contributed by atoms with Crippen LogP contribution in [0.4, 0.5) is 0 Å². The highest BCUT2D eigenvalue weighted by molar-refractivity contribution is 5.39. The maximum Gasteiger partial charge on any atom is 0.119 e. The zero-order valence-electron chi connectivity index (χ0n) is 8.73. The molecule has 0 N–H and O–H groups in total. The van der Waals surface area contributed by atoms with Gasteiger partial charge in [0.2, 0.25) is 0 Å². The maximum absolute atomic E-state index is 5.11. The minimum atomic E-state index is 0.849. The summed E-state index contributed by atoms with van der Waals surface area (Å²) < 4.78 is 7.11. The van der Waals surface area contributed by atoms with E-state index in [4.69, 9.17) is 4.74 Å². The molecule has 0 aliphatic heterocycles. The highest BCUT2D eigenvalue weighted by atomic mass is 16.5. The Bertz CT molecular complexity index is 524. The van der Waals surface area contributed by atoms with Crippen LogP contribution in [0.25, 0.3) is 18.8 Å². The van der Waals surface area contributed by atoms with Crippen molar-refractivity contribution >= 4 is 13.2 Å². The van der Waals surface area contributed by atoms with Crippen LogP contribution in [0, 0.1) is 0 Å². The molecule has 76 valence electrons. The molecule has 1 aromatic heterocycles. The number of nitrogens with zero attached hydrogens (tertiary/aromatic N) is 1. The van der Waals surface area contributed by atoms with E-state index in [1.807, 2.05) is 41.0 Å². The lowest BCUT2D eigenvalue weighted by Crippen LogP contribution is -2.22. The average molecular weight is 199 g/mol. The molecular formula is C13H13NO. The maximum atomic E-state index is 5.11. The molecule has 15 heavy (non-hydrogen) atoms. The predicted octanol–water partition coefficient (Wildman–Crippen LogP) is 1.31. The highest BCUT2D eigenvalue weighted by Crippen LogP contribution is 2.12. The van der Waals surface area contributed by atoms with E-state index >= 15 is 0 Å². The van der Waals surface area contributed by atoms with Crippen molar-refractivity contribution in [1.29, 1.82) is 0 Å². The molecule has 2 heteroatoms. The summed E-state index contributed by atoms with van der Waals surface area (Å²) in [6.45, 7) is 7.90. The Morgan fingerprint density at radius 2 is 1.47 bits per heavy atom. The standard InChI is InChI=1S/C13H13NO/c1-10-4-5-11(2)14(10)12-6-8-13(15-3)9-7-12/h4-9H,1-2H2,3H3. The molecule has 2 aromatic rings. The summed E-state index contributed by atoms with van der Waals surface area (Å²) in [6.07, 6.45) is 0. The lowest BCUT2D eigenvalue weighted by atomic mass is 10.3. The van der Waals surface area contributed by atoms with Crippen LogP contribution >= 0.6 is 0 Å². The van der Waals surface area contributed by atoms with Crippen LogP contribution in [0.5, 0.6) is 5.75 Å². The van der Waals surface area contributed by atoms with Crippen molar-refractivity contribution in [2.45, 2.75) is 0 Å². The SMILES string of the molecule is C=c1ccc(=C)n1-c1ccc(OC)cc1. The van der Waals surface area contributed by atoms with E-state index in [1.165, 1.54) is 0 Å². The minimum Gasteiger partial charge on any atom is -0.497 e. The monoisotopic (exact) mass is 199 g/mol. The van der Waals surface area contributed by atoms with Crippen LogP contribution in [0.1, 0.15) is 0 Å². The average Bonchev–Trinajstić information content (AvgIpc) is 2.59. The number of methoxy groups -OCH3 is 1. The third-order valence-corrected chi connectivity index (χ3v) is 2.37. The van der Waals surface area contributed by atoms with Gasteiger partial charge in [-0.3, -0.25) is 0 Å². The van der Waals surface area contributed by atoms with Crippen LogP contribution < -0.4 is 15.4 Å². The van der Waals surface area contributed by atoms with Gasteiger partial charge in [-0.15, -0.1) is 0 Å². The number of aromatic nitrogens is 1. The fraction of sp³-hybridized carbons (Fsp3) is 0.0769. The summed E-state index contributed by atoms with van der Waals surface area (Å²) in [7, 11) is 1.66. The fourth-order valence-electron chi connectivity index (χ4n) is 1.59. The van der Waals surface area contributed by atoms with Crippen molar-refractivity contribution < 1.29 is 4.74 Å². The van der Waals surface area contributed by atoms with Crippen LogP contribution in [0.2, 0.25) is 0 Å². The third-order valence-electron chi connectivity index (χ3n) is 2.37. The molecule has 0 unspecified atom stereocenters. The summed E-state index contributed by atoms with van der Waals surface area (Å²) in [5, 5.41) is 1.87. The van der Waals surface area contributed by atoms with E-state index < -0.39 is 0 Å². The van der Waals surface area contributed by atoms with Crippen LogP contribution in [0.3, 0.4) is 0 Å². The molecular weight excluding hydrogens is 186 g/mol. The normalized spacial score (nSPS) is 10.2. The van der Waals surface area contributed by atoms with Gasteiger partial charge in [0.25, 0.3) is 0 Å². The molecule has 0 bridgehead atoms. The Kier molecular flexibility index (Phi) is 2.34. The molecule has 0 saturated carbocycles. The van der Waals surface area contributed by atoms with Crippen LogP contribution in [-0.4, -0.2) is 11.7 Å². The molecule has 2 rings (SSSR count). The van der Waals surface area contributed by atoms with Gasteiger partial charge in [-0.05, 0) is 36.4 Å². The molecule has 0 spiro atoms. The molecule has 0 saturated heterocycles. The van der Waals surface area contributed by atoms with Crippen molar-refractivity contribution in [3.8, 4) is 11.4 Å². The van der Waals surface area contributed by atoms with Crippen LogP contribution in [0.15, 0.2) is 36.4 Å². The predicted molar refractivity (Wildman–Crippen MR) is 62.6 cm³/mol. The summed E-state index contributed by atoms with van der Waals surface area (Å²) in [4.78, 5) is 0. The number of rotatable bonds is 2. The molecule has 0 amide bonds. The van der Waals surface area contributed by atoms with E-state index in [0.29, 0.717) is 0 Å². The lowest BCUT2D eigenvalue weighted by molar-refractivity contribution is 0.414. The van der Waals surface area contributed by atoms with E-state index in [9.17, 15) is 0 Å². The second kappa shape index (κ2) is 3.65. The van der Waals surface area contributed by atoms with Gasteiger partial charge < -0.3 is 9.30 Å². The van der Waals surface area contributed by atoms with Gasteiger partial charge in [-0.2, -0.15) is 0 Å². The topological polar surface area (TPSA) is 14.2 Å². The van der Waals surface area contributed by atoms with E-state index in [2.05, 4.69) is 13.2 Å². The zero-order chi connectivity index (χ0) is 10.8. The number of hydrogen-bond acceptors (Lipinski definition) is 1. The Labute approximate surface area is 88.7 Å². The van der Waals surface area contributed by atoms with Crippen LogP contribution in [-0.2, 0) is 0 Å².